The molecule has 0 fully saturated rings. The van der Waals surface area contributed by atoms with Gasteiger partial charge in [-0.3, -0.25) is 0 Å². The van der Waals surface area contributed by atoms with E-state index in [1.54, 1.807) is 0 Å². The average Bonchev–Trinajstić information content (AvgIpc) is 2.55. The Morgan fingerprint density at radius 1 is 0.792 bits per heavy atom. The van der Waals surface area contributed by atoms with E-state index in [0.717, 1.165) is 24.3 Å². The number of aliphatic carboxylic acids is 2. The number of aliphatic hydroxyl groups is 4. The van der Waals surface area contributed by atoms with Crippen LogP contribution in [0.25, 0.3) is 0 Å². The van der Waals surface area contributed by atoms with Crippen molar-refractivity contribution in [3.8, 4) is 0 Å². The molecule has 0 aliphatic rings. The van der Waals surface area contributed by atoms with Crippen LogP contribution in [0.15, 0.2) is 24.3 Å². The largest absolute Gasteiger partial charge is 0.478 e. The quantitative estimate of drug-likeness (QED) is 0.170. The van der Waals surface area contributed by atoms with Gasteiger partial charge in [0.25, 0.3) is 0 Å². The highest BCUT2D eigenvalue weighted by atomic mass is 16.5. The lowest BCUT2D eigenvalue weighted by Gasteiger charge is -2.24. The zero-order chi connectivity index (χ0) is 18.8. The molecule has 0 amide bonds. The molecule has 0 spiro atoms. The molecule has 0 aromatic heterocycles. The maximum absolute atomic E-state index is 10.4. The van der Waals surface area contributed by atoms with Crippen molar-refractivity contribution in [1.82, 2.24) is 0 Å². The van der Waals surface area contributed by atoms with E-state index in [0.29, 0.717) is 13.2 Å². The third-order valence-corrected chi connectivity index (χ3v) is 2.20. The Balaban J connectivity index is 0. The van der Waals surface area contributed by atoms with Gasteiger partial charge in [0.15, 0.2) is 0 Å². The van der Waals surface area contributed by atoms with Crippen molar-refractivity contribution < 1.29 is 49.7 Å². The predicted octanol–water partition coefficient (Wildman–Crippen LogP) is -2.00. The van der Waals surface area contributed by atoms with Gasteiger partial charge in [-0.1, -0.05) is 0 Å². The third kappa shape index (κ3) is 15.1. The minimum atomic E-state index is -1.57. The summed E-state index contributed by atoms with van der Waals surface area (Å²) in [6.07, 6.45) is 3.45. The van der Waals surface area contributed by atoms with Gasteiger partial charge in [0.2, 0.25) is 0 Å². The molecule has 0 unspecified atom stereocenters. The van der Waals surface area contributed by atoms with Crippen molar-refractivity contribution in [3.63, 3.8) is 0 Å². The highest BCUT2D eigenvalue weighted by Crippen LogP contribution is 2.15. The van der Waals surface area contributed by atoms with Crippen molar-refractivity contribution in [2.75, 3.05) is 46.2 Å². The lowest BCUT2D eigenvalue weighted by Crippen LogP contribution is -2.34. The van der Waals surface area contributed by atoms with Crippen LogP contribution < -0.4 is 0 Å². The van der Waals surface area contributed by atoms with Crippen LogP contribution in [0, 0.1) is 0 Å². The summed E-state index contributed by atoms with van der Waals surface area (Å²) in [4.78, 5) is 20.7. The van der Waals surface area contributed by atoms with Gasteiger partial charge in [0.1, 0.15) is 5.60 Å². The average molecular weight is 352 g/mol. The Hall–Kier alpha value is -1.82. The fourth-order valence-corrected chi connectivity index (χ4v) is 1.19. The first-order chi connectivity index (χ1) is 11.4. The summed E-state index contributed by atoms with van der Waals surface area (Å²) < 4.78 is 9.66. The number of ether oxygens (including phenoxy) is 2. The van der Waals surface area contributed by atoms with Gasteiger partial charge in [0, 0.05) is 12.2 Å². The lowest BCUT2D eigenvalue weighted by molar-refractivity contribution is -0.132. The van der Waals surface area contributed by atoms with Crippen LogP contribution in [-0.4, -0.2) is 94.4 Å². The second kappa shape index (κ2) is 16.1. The summed E-state index contributed by atoms with van der Waals surface area (Å²) in [7, 11) is 0. The molecule has 24 heavy (non-hydrogen) atoms. The summed E-state index contributed by atoms with van der Waals surface area (Å²) in [5, 5.41) is 50.8. The molecule has 0 rings (SSSR count). The summed E-state index contributed by atoms with van der Waals surface area (Å²) in [6, 6.07) is 0. The summed E-state index contributed by atoms with van der Waals surface area (Å²) in [6.45, 7) is -0.472. The van der Waals surface area contributed by atoms with E-state index in [1.807, 2.05) is 0 Å². The Labute approximate surface area is 138 Å². The van der Waals surface area contributed by atoms with Crippen LogP contribution in [0.5, 0.6) is 0 Å². The first-order valence-electron chi connectivity index (χ1n) is 6.87. The highest BCUT2D eigenvalue weighted by molar-refractivity contribution is 5.81. The lowest BCUT2D eigenvalue weighted by atomic mass is 10.0. The Kier molecular flexibility index (Phi) is 16.3. The number of hydrogen-bond donors (Lipinski definition) is 6. The van der Waals surface area contributed by atoms with Gasteiger partial charge in [-0.25, -0.2) is 9.59 Å². The smallest absolute Gasteiger partial charge is 0.328 e. The van der Waals surface area contributed by atoms with Crippen LogP contribution in [0.2, 0.25) is 0 Å². The number of rotatable bonds is 12. The second-order valence-electron chi connectivity index (χ2n) is 4.09. The monoisotopic (exact) mass is 352 g/mol. The van der Waals surface area contributed by atoms with Crippen molar-refractivity contribution in [2.45, 2.75) is 5.60 Å². The molecule has 6 N–H and O–H groups in total. The highest BCUT2D eigenvalue weighted by Gasteiger charge is 2.24. The van der Waals surface area contributed by atoms with E-state index in [2.05, 4.69) is 4.74 Å². The molecule has 0 bridgehead atoms. The van der Waals surface area contributed by atoms with E-state index in [-0.39, 0.29) is 26.4 Å². The zero-order valence-electron chi connectivity index (χ0n) is 13.1. The Bertz CT molecular complexity index is 363. The summed E-state index contributed by atoms with van der Waals surface area (Å²) in [5.74, 6) is -2.53. The van der Waals surface area contributed by atoms with Gasteiger partial charge in [-0.05, 0) is 12.2 Å². The normalized spacial score (nSPS) is 13.5. The predicted molar refractivity (Wildman–Crippen MR) is 81.4 cm³/mol. The molecule has 0 saturated heterocycles. The Morgan fingerprint density at radius 3 is 1.50 bits per heavy atom. The molecule has 0 aromatic rings. The topological polar surface area (TPSA) is 174 Å². The second-order valence-corrected chi connectivity index (χ2v) is 4.09. The van der Waals surface area contributed by atoms with E-state index in [1.165, 1.54) is 0 Å². The zero-order valence-corrected chi connectivity index (χ0v) is 13.1. The molecule has 0 atom stereocenters. The minimum Gasteiger partial charge on any atom is -0.478 e. The van der Waals surface area contributed by atoms with Gasteiger partial charge in [0.05, 0.1) is 46.2 Å². The molecule has 0 heterocycles. The molecule has 10 heteroatoms. The van der Waals surface area contributed by atoms with Crippen LogP contribution in [0.4, 0.5) is 0 Å². The van der Waals surface area contributed by atoms with Crippen molar-refractivity contribution >= 4 is 11.9 Å². The van der Waals surface area contributed by atoms with Crippen LogP contribution >= 0.6 is 0 Å². The third-order valence-electron chi connectivity index (χ3n) is 2.20. The minimum absolute atomic E-state index is 0.0278. The standard InChI is InChI=1S/C10H14O7.C4H10O3/c11-5-6-17-10(7-12,3-1-8(13)14)4-2-9(15)16;5-1-3-7-4-2-6/h1-4,11-12H,5-7H2,(H,13,14)(H,15,16);5-6H,1-4H2. The van der Waals surface area contributed by atoms with Gasteiger partial charge >= 0.3 is 11.9 Å². The summed E-state index contributed by atoms with van der Waals surface area (Å²) in [5.41, 5.74) is -1.57. The van der Waals surface area contributed by atoms with E-state index in [9.17, 15) is 9.59 Å². The first kappa shape index (κ1) is 24.4. The van der Waals surface area contributed by atoms with Crippen LogP contribution in [-0.2, 0) is 19.1 Å². The van der Waals surface area contributed by atoms with Crippen molar-refractivity contribution in [2.24, 2.45) is 0 Å². The number of hydrogen-bond acceptors (Lipinski definition) is 8. The SMILES string of the molecule is O=C(O)C=CC(C=CC(=O)O)(CO)OCCO.OCCOCCO. The molecular formula is C14H24O10. The van der Waals surface area contributed by atoms with Gasteiger partial charge in [-0.2, -0.15) is 0 Å². The maximum atomic E-state index is 10.4. The van der Waals surface area contributed by atoms with Gasteiger partial charge in [-0.15, -0.1) is 0 Å². The molecule has 140 valence electrons. The fraction of sp³-hybridized carbons (Fsp3) is 0.571. The molecule has 0 aliphatic carbocycles. The van der Waals surface area contributed by atoms with E-state index < -0.39 is 24.1 Å². The van der Waals surface area contributed by atoms with E-state index >= 15 is 0 Å². The van der Waals surface area contributed by atoms with E-state index in [4.69, 9.17) is 35.4 Å². The number of aliphatic hydroxyl groups excluding tert-OH is 4. The molecule has 10 nitrogen and oxygen atoms in total. The molecule has 0 aromatic carbocycles. The first-order valence-corrected chi connectivity index (χ1v) is 6.87. The number of carboxylic acid groups (broad SMARTS) is 2. The van der Waals surface area contributed by atoms with Crippen LogP contribution in [0.1, 0.15) is 0 Å². The Morgan fingerprint density at radius 2 is 1.21 bits per heavy atom. The number of carboxylic acids is 2. The van der Waals surface area contributed by atoms with Crippen molar-refractivity contribution in [3.05, 3.63) is 24.3 Å². The molecule has 0 saturated carbocycles. The van der Waals surface area contributed by atoms with Crippen LogP contribution in [0.3, 0.4) is 0 Å². The molecule has 0 aliphatic heterocycles. The fourth-order valence-electron chi connectivity index (χ4n) is 1.19. The molecule has 0 radical (unpaired) electrons. The number of carbonyl (C=O) groups is 2. The van der Waals surface area contributed by atoms with Gasteiger partial charge < -0.3 is 40.1 Å². The van der Waals surface area contributed by atoms with Crippen molar-refractivity contribution in [1.29, 1.82) is 0 Å². The summed E-state index contributed by atoms with van der Waals surface area (Å²) >= 11 is 0. The maximum Gasteiger partial charge on any atom is 0.328 e. The molecular weight excluding hydrogens is 328 g/mol.